The number of aromatic nitrogens is 4. The lowest BCUT2D eigenvalue weighted by atomic mass is 9.69. The van der Waals surface area contributed by atoms with Crippen LogP contribution < -0.4 is 0 Å². The average molecular weight is 1450 g/mol. The topological polar surface area (TPSA) is 51.6 Å². The van der Waals surface area contributed by atoms with Crippen LogP contribution in [0, 0.1) is 0 Å². The van der Waals surface area contributed by atoms with Crippen molar-refractivity contribution in [2.24, 2.45) is 0 Å². The van der Waals surface area contributed by atoms with Crippen LogP contribution in [0.3, 0.4) is 0 Å². The third kappa shape index (κ3) is 16.5. The maximum atomic E-state index is 5.31. The molecule has 13 aromatic rings. The van der Waals surface area contributed by atoms with Crippen molar-refractivity contribution in [3.63, 3.8) is 0 Å². The predicted octanol–water partition coefficient (Wildman–Crippen LogP) is 31.0. The van der Waals surface area contributed by atoms with Crippen molar-refractivity contribution in [2.45, 2.75) is 218 Å². The second kappa shape index (κ2) is 35.8. The van der Waals surface area contributed by atoms with Crippen molar-refractivity contribution in [3.8, 4) is 77.9 Å². The summed E-state index contributed by atoms with van der Waals surface area (Å²) in [7, 11) is 0. The highest BCUT2D eigenvalue weighted by molar-refractivity contribution is 7.00. The Morgan fingerprint density at radius 3 is 0.982 bits per heavy atom. The number of para-hydroxylation sites is 2. The minimum atomic E-state index is -0.216. The van der Waals surface area contributed by atoms with E-state index in [0.717, 1.165) is 81.0 Å². The maximum Gasteiger partial charge on any atom is 0.113 e. The van der Waals surface area contributed by atoms with Gasteiger partial charge in [-0.2, -0.15) is 8.75 Å². The number of benzene rings is 10. The number of rotatable bonds is 37. The lowest BCUT2D eigenvalue weighted by molar-refractivity contribution is 0.398. The molecule has 3 aromatic heterocycles. The van der Waals surface area contributed by atoms with Crippen LogP contribution in [-0.4, -0.2) is 18.7 Å². The normalized spacial score (nSPS) is 13.3. The molecule has 0 bridgehead atoms. The maximum absolute atomic E-state index is 5.31. The Kier molecular flexibility index (Phi) is 24.5. The van der Waals surface area contributed by atoms with Crippen LogP contribution in [0.25, 0.3) is 135 Å². The van der Waals surface area contributed by atoms with E-state index in [1.807, 2.05) is 0 Å². The molecular formula is C104H110N4S. The summed E-state index contributed by atoms with van der Waals surface area (Å²) < 4.78 is 10.1. The van der Waals surface area contributed by atoms with Gasteiger partial charge in [0.15, 0.2) is 0 Å². The Morgan fingerprint density at radius 1 is 0.257 bits per heavy atom. The summed E-state index contributed by atoms with van der Waals surface area (Å²) in [5, 5.41) is 2.29. The summed E-state index contributed by atoms with van der Waals surface area (Å²) in [6.45, 7) is 9.35. The number of unbranched alkanes of at least 4 members (excludes halogenated alkanes) is 20. The van der Waals surface area contributed by atoms with Crippen LogP contribution in [0.2, 0.25) is 0 Å². The first kappa shape index (κ1) is 74.8. The molecule has 0 aliphatic heterocycles. The van der Waals surface area contributed by atoms with E-state index < -0.39 is 0 Å². The molecule has 0 unspecified atom stereocenters. The molecule has 0 amide bonds. The van der Waals surface area contributed by atoms with Crippen molar-refractivity contribution >= 4 is 68.9 Å². The molecule has 15 rings (SSSR count). The lowest BCUT2D eigenvalue weighted by Gasteiger charge is -2.34. The molecule has 2 aliphatic rings. The molecule has 0 fully saturated rings. The number of pyridine rings is 2. The highest BCUT2D eigenvalue weighted by atomic mass is 32.1. The number of fused-ring (bicyclic) bond motifs is 9. The van der Waals surface area contributed by atoms with Crippen LogP contribution in [0.4, 0.5) is 0 Å². The molecule has 0 spiro atoms. The van der Waals surface area contributed by atoms with Crippen LogP contribution >= 0.6 is 11.7 Å². The van der Waals surface area contributed by atoms with E-state index in [2.05, 4.69) is 283 Å². The van der Waals surface area contributed by atoms with E-state index >= 15 is 0 Å². The van der Waals surface area contributed by atoms with E-state index in [9.17, 15) is 0 Å². The van der Waals surface area contributed by atoms with E-state index in [-0.39, 0.29) is 10.8 Å². The summed E-state index contributed by atoms with van der Waals surface area (Å²) in [6, 6.07) is 87.7. The zero-order chi connectivity index (χ0) is 74.2. The lowest BCUT2D eigenvalue weighted by Crippen LogP contribution is -2.25. The summed E-state index contributed by atoms with van der Waals surface area (Å²) in [6.07, 6.45) is 44.1. The third-order valence-electron chi connectivity index (χ3n) is 24.4. The van der Waals surface area contributed by atoms with Crippen molar-refractivity contribution in [1.29, 1.82) is 0 Å². The SMILES string of the molecule is CCCCCCCCC1(CCCCCCCC)c2cc(-c3ccccc3)ccc2-c2ccc(-c3cc(/C=C/c4ccc5ccccc5n4)c(-c4ccc5c(c4)C(CCCCCCCC)(CCCCCCCC)c4cc(-c6ccc(-c7ccccc7)c7nsnc67)ccc4-5)cc3/C=C/c3ccc4ccccc4n3)cc21. The van der Waals surface area contributed by atoms with Gasteiger partial charge in [-0.25, -0.2) is 9.97 Å². The molecule has 0 N–H and O–H groups in total. The summed E-state index contributed by atoms with van der Waals surface area (Å²) in [5.74, 6) is 0. The molecule has 0 saturated heterocycles. The highest BCUT2D eigenvalue weighted by Gasteiger charge is 2.45. The fraction of sp³-hybridized carbons (Fsp3) is 0.327. The van der Waals surface area contributed by atoms with Gasteiger partial charge in [0, 0.05) is 32.7 Å². The Balaban J connectivity index is 0.926. The minimum absolute atomic E-state index is 0.145. The van der Waals surface area contributed by atoms with Gasteiger partial charge in [0.1, 0.15) is 11.0 Å². The molecular weight excluding hydrogens is 1340 g/mol. The Bertz CT molecular complexity index is 5270. The third-order valence-corrected chi connectivity index (χ3v) is 24.9. The first-order chi connectivity index (χ1) is 53.9. The second-order valence-corrected chi connectivity index (χ2v) is 32.2. The largest absolute Gasteiger partial charge is 0.248 e. The van der Waals surface area contributed by atoms with Crippen molar-refractivity contribution in [1.82, 2.24) is 18.7 Å². The second-order valence-electron chi connectivity index (χ2n) is 31.7. The first-order valence-electron chi connectivity index (χ1n) is 42.1. The van der Waals surface area contributed by atoms with E-state index in [1.54, 1.807) is 0 Å². The molecule has 3 heterocycles. The van der Waals surface area contributed by atoms with E-state index in [1.165, 1.54) is 266 Å². The van der Waals surface area contributed by atoms with Gasteiger partial charge in [0.25, 0.3) is 0 Å². The fourth-order valence-corrected chi connectivity index (χ4v) is 19.1. The average Bonchev–Trinajstić information content (AvgIpc) is 1.56. The van der Waals surface area contributed by atoms with E-state index in [4.69, 9.17) is 18.7 Å². The number of nitrogens with zero attached hydrogens (tertiary/aromatic N) is 4. The van der Waals surface area contributed by atoms with Crippen LogP contribution in [0.15, 0.2) is 231 Å². The van der Waals surface area contributed by atoms with Gasteiger partial charge in [-0.3, -0.25) is 0 Å². The number of hydrogen-bond donors (Lipinski definition) is 0. The van der Waals surface area contributed by atoms with Gasteiger partial charge < -0.3 is 0 Å². The molecule has 109 heavy (non-hydrogen) atoms. The zero-order valence-corrected chi connectivity index (χ0v) is 66.1. The minimum Gasteiger partial charge on any atom is -0.248 e. The molecule has 4 nitrogen and oxygen atoms in total. The number of hydrogen-bond acceptors (Lipinski definition) is 5. The van der Waals surface area contributed by atoms with Crippen LogP contribution in [0.1, 0.15) is 252 Å². The zero-order valence-electron chi connectivity index (χ0n) is 65.2. The summed E-state index contributed by atoms with van der Waals surface area (Å²) >= 11 is 1.32. The Hall–Kier alpha value is -9.68. The quantitative estimate of drug-likeness (QED) is 0.0364. The first-order valence-corrected chi connectivity index (χ1v) is 42.8. The molecule has 0 saturated carbocycles. The van der Waals surface area contributed by atoms with Crippen molar-refractivity contribution in [2.75, 3.05) is 0 Å². The van der Waals surface area contributed by atoms with Crippen LogP contribution in [-0.2, 0) is 10.8 Å². The van der Waals surface area contributed by atoms with Crippen LogP contribution in [0.5, 0.6) is 0 Å². The van der Waals surface area contributed by atoms with E-state index in [0.29, 0.717) is 0 Å². The molecule has 0 atom stereocenters. The van der Waals surface area contributed by atoms with Gasteiger partial charge in [-0.05, 0) is 199 Å². The Morgan fingerprint density at radius 2 is 0.578 bits per heavy atom. The standard InChI is InChI=1S/C104H110N4S/c1-5-9-13-17-21-35-65-103(66-36-22-18-14-10-6-2)95-71-79(75-39-27-25-28-40-75)51-59-89(95)91-61-53-83(73-97(91)103)93-69-81(50-58-86-56-48-78-44-32-34-46-100(78)106-86)94(70-80(93)49-57-85-55-47-77-43-31-33-45-99(77)105-85)84-54-62-92-90-60-52-82(88-64-63-87(76-41-29-26-30-42-76)101-102(88)108-109-107-101)72-96(90)104(98(92)74-84,67-37-23-19-15-11-7-3)68-38-24-20-16-12-8-4/h25-34,39-64,69-74H,5-24,35-38,65-68H2,1-4H3/b57-49+,58-50+. The highest BCUT2D eigenvalue weighted by Crippen LogP contribution is 2.59. The van der Waals surface area contributed by atoms with Gasteiger partial charge in [-0.15, -0.1) is 0 Å². The summed E-state index contributed by atoms with van der Waals surface area (Å²) in [5.41, 5.74) is 31.5. The predicted molar refractivity (Wildman–Crippen MR) is 470 cm³/mol. The van der Waals surface area contributed by atoms with Crippen molar-refractivity contribution in [3.05, 3.63) is 275 Å². The van der Waals surface area contributed by atoms with Gasteiger partial charge in [-0.1, -0.05) is 364 Å². The van der Waals surface area contributed by atoms with Crippen molar-refractivity contribution < 1.29 is 0 Å². The summed E-state index contributed by atoms with van der Waals surface area (Å²) in [4.78, 5) is 10.6. The van der Waals surface area contributed by atoms with Gasteiger partial charge in [0.2, 0.25) is 0 Å². The molecule has 5 heteroatoms. The monoisotopic (exact) mass is 1450 g/mol. The molecule has 552 valence electrons. The molecule has 2 aliphatic carbocycles. The van der Waals surface area contributed by atoms with Gasteiger partial charge in [0.05, 0.1) is 34.1 Å². The Labute approximate surface area is 654 Å². The van der Waals surface area contributed by atoms with Gasteiger partial charge >= 0.3 is 0 Å². The molecule has 10 aromatic carbocycles. The fourth-order valence-electron chi connectivity index (χ4n) is 18.5. The smallest absolute Gasteiger partial charge is 0.113 e. The molecule has 0 radical (unpaired) electrons.